The standard InChI is InChI=1S/C6H9N2O.HI/c7-8-3-1-2-6(4-8)5-9;/h1-4,9H,5,7H2;1H/q+1;/p-1. The molecule has 0 spiro atoms. The van der Waals surface area contributed by atoms with E-state index in [9.17, 15) is 0 Å². The molecule has 10 heavy (non-hydrogen) atoms. The van der Waals surface area contributed by atoms with Crippen molar-refractivity contribution in [2.24, 2.45) is 0 Å². The van der Waals surface area contributed by atoms with Crippen LogP contribution in [-0.4, -0.2) is 5.11 Å². The third-order valence-corrected chi connectivity index (χ3v) is 1.07. The van der Waals surface area contributed by atoms with Crippen molar-refractivity contribution in [1.82, 2.24) is 0 Å². The molecule has 0 aliphatic carbocycles. The number of hydrogen-bond acceptors (Lipinski definition) is 2. The minimum atomic E-state index is 0. The first-order chi connectivity index (χ1) is 4.33. The number of nitrogens with zero attached hydrogens (tertiary/aromatic N) is 1. The maximum atomic E-state index is 8.59. The Bertz CT molecular complexity index is 205. The van der Waals surface area contributed by atoms with E-state index in [1.54, 1.807) is 18.5 Å². The molecule has 0 atom stereocenters. The van der Waals surface area contributed by atoms with Gasteiger partial charge in [-0.3, -0.25) is 0 Å². The van der Waals surface area contributed by atoms with E-state index in [1.165, 1.54) is 4.68 Å². The molecule has 1 rings (SSSR count). The number of aliphatic hydroxyl groups excluding tert-OH is 1. The second-order valence-electron chi connectivity index (χ2n) is 1.82. The van der Waals surface area contributed by atoms with E-state index in [0.29, 0.717) is 0 Å². The summed E-state index contributed by atoms with van der Waals surface area (Å²) in [5, 5.41) is 8.59. The Labute approximate surface area is 76.5 Å². The highest BCUT2D eigenvalue weighted by Crippen LogP contribution is 1.90. The SMILES string of the molecule is N[n+]1cccc(CO)c1.[I-]. The van der Waals surface area contributed by atoms with Gasteiger partial charge in [0.15, 0.2) is 6.20 Å². The first kappa shape index (κ1) is 9.64. The summed E-state index contributed by atoms with van der Waals surface area (Å²) in [6.07, 6.45) is 3.37. The van der Waals surface area contributed by atoms with E-state index in [0.717, 1.165) is 5.56 Å². The number of aliphatic hydroxyl groups is 1. The normalized spacial score (nSPS) is 8.50. The molecule has 0 radical (unpaired) electrons. The molecule has 1 aromatic heterocycles. The lowest BCUT2D eigenvalue weighted by molar-refractivity contribution is -0.639. The number of nitrogens with two attached hydrogens (primary N) is 1. The summed E-state index contributed by atoms with van der Waals surface area (Å²) in [5.74, 6) is 5.34. The molecule has 1 heterocycles. The molecule has 3 N–H and O–H groups in total. The van der Waals surface area contributed by atoms with Gasteiger partial charge in [-0.2, -0.15) is 0 Å². The average molecular weight is 252 g/mol. The van der Waals surface area contributed by atoms with Crippen molar-refractivity contribution >= 4 is 0 Å². The van der Waals surface area contributed by atoms with Crippen LogP contribution in [0.3, 0.4) is 0 Å². The van der Waals surface area contributed by atoms with Gasteiger partial charge in [0, 0.05) is 11.6 Å². The summed E-state index contributed by atoms with van der Waals surface area (Å²) < 4.78 is 1.41. The molecule has 0 saturated carbocycles. The monoisotopic (exact) mass is 252 g/mol. The Morgan fingerprint density at radius 2 is 2.30 bits per heavy atom. The molecule has 3 nitrogen and oxygen atoms in total. The third-order valence-electron chi connectivity index (χ3n) is 1.07. The lowest BCUT2D eigenvalue weighted by atomic mass is 10.3. The molecule has 0 fully saturated rings. The van der Waals surface area contributed by atoms with Gasteiger partial charge in [-0.15, -0.1) is 0 Å². The van der Waals surface area contributed by atoms with Gasteiger partial charge in [0.1, 0.15) is 0 Å². The molecule has 0 saturated heterocycles. The smallest absolute Gasteiger partial charge is 0.204 e. The zero-order chi connectivity index (χ0) is 6.69. The molecule has 0 amide bonds. The highest BCUT2D eigenvalue weighted by Gasteiger charge is 1.94. The van der Waals surface area contributed by atoms with Crippen molar-refractivity contribution in [3.8, 4) is 0 Å². The fourth-order valence-corrected chi connectivity index (χ4v) is 0.637. The van der Waals surface area contributed by atoms with Gasteiger partial charge in [0.25, 0.3) is 0 Å². The number of rotatable bonds is 1. The lowest BCUT2D eigenvalue weighted by Crippen LogP contribution is -3.00. The van der Waals surface area contributed by atoms with E-state index in [4.69, 9.17) is 10.9 Å². The van der Waals surface area contributed by atoms with Gasteiger partial charge in [0.2, 0.25) is 6.20 Å². The van der Waals surface area contributed by atoms with E-state index in [2.05, 4.69) is 0 Å². The van der Waals surface area contributed by atoms with Crippen LogP contribution in [0.4, 0.5) is 0 Å². The molecular weight excluding hydrogens is 243 g/mol. The van der Waals surface area contributed by atoms with Crippen molar-refractivity contribution in [2.45, 2.75) is 6.61 Å². The van der Waals surface area contributed by atoms with Gasteiger partial charge < -0.3 is 29.1 Å². The molecule has 0 bridgehead atoms. The summed E-state index contributed by atoms with van der Waals surface area (Å²) in [7, 11) is 0. The van der Waals surface area contributed by atoms with Crippen LogP contribution in [0.1, 0.15) is 5.56 Å². The van der Waals surface area contributed by atoms with Gasteiger partial charge in [0.05, 0.1) is 6.61 Å². The van der Waals surface area contributed by atoms with Crippen molar-refractivity contribution < 1.29 is 33.8 Å². The van der Waals surface area contributed by atoms with E-state index >= 15 is 0 Å². The van der Waals surface area contributed by atoms with Crippen LogP contribution < -0.4 is 34.5 Å². The Morgan fingerprint density at radius 3 is 2.70 bits per heavy atom. The lowest BCUT2D eigenvalue weighted by Gasteiger charge is -1.88. The van der Waals surface area contributed by atoms with Crippen molar-refractivity contribution in [2.75, 3.05) is 5.84 Å². The van der Waals surface area contributed by atoms with Crippen LogP contribution in [0.25, 0.3) is 0 Å². The number of aromatic nitrogens is 1. The van der Waals surface area contributed by atoms with Crippen LogP contribution in [-0.2, 0) is 6.61 Å². The maximum Gasteiger partial charge on any atom is 0.204 e. The quantitative estimate of drug-likeness (QED) is 0.306. The van der Waals surface area contributed by atoms with E-state index in [1.807, 2.05) is 6.07 Å². The maximum absolute atomic E-state index is 8.59. The first-order valence-corrected chi connectivity index (χ1v) is 2.69. The van der Waals surface area contributed by atoms with E-state index in [-0.39, 0.29) is 30.6 Å². The number of nitrogen functional groups attached to an aromatic ring is 1. The zero-order valence-corrected chi connectivity index (χ0v) is 7.52. The molecule has 0 aromatic carbocycles. The minimum Gasteiger partial charge on any atom is -1.00 e. The highest BCUT2D eigenvalue weighted by molar-refractivity contribution is 5.02. The molecule has 1 aromatic rings. The first-order valence-electron chi connectivity index (χ1n) is 2.69. The predicted octanol–water partition coefficient (Wildman–Crippen LogP) is -3.82. The molecule has 0 unspecified atom stereocenters. The van der Waals surface area contributed by atoms with Gasteiger partial charge in [-0.25, -0.2) is 5.84 Å². The Balaban J connectivity index is 0.000000810. The van der Waals surface area contributed by atoms with Gasteiger partial charge >= 0.3 is 0 Å². The van der Waals surface area contributed by atoms with Crippen molar-refractivity contribution in [3.05, 3.63) is 30.1 Å². The molecule has 4 heteroatoms. The second kappa shape index (κ2) is 4.45. The predicted molar refractivity (Wildman–Crippen MR) is 32.7 cm³/mol. The van der Waals surface area contributed by atoms with Crippen molar-refractivity contribution in [3.63, 3.8) is 0 Å². The van der Waals surface area contributed by atoms with Crippen LogP contribution >= 0.6 is 0 Å². The van der Waals surface area contributed by atoms with Gasteiger partial charge in [-0.1, -0.05) is 4.68 Å². The molecule has 56 valence electrons. The fourth-order valence-electron chi connectivity index (χ4n) is 0.637. The van der Waals surface area contributed by atoms with Crippen molar-refractivity contribution in [1.29, 1.82) is 0 Å². The van der Waals surface area contributed by atoms with E-state index < -0.39 is 0 Å². The number of hydrogen-bond donors (Lipinski definition) is 2. The van der Waals surface area contributed by atoms with Gasteiger partial charge in [-0.05, 0) is 6.07 Å². The summed E-state index contributed by atoms with van der Waals surface area (Å²) in [4.78, 5) is 0. The third kappa shape index (κ3) is 2.49. The fraction of sp³-hybridized carbons (Fsp3) is 0.167. The number of halogens is 1. The second-order valence-corrected chi connectivity index (χ2v) is 1.82. The van der Waals surface area contributed by atoms with Crippen LogP contribution in [0.15, 0.2) is 24.5 Å². The molecular formula is C6H9IN2O. The topological polar surface area (TPSA) is 50.1 Å². The Morgan fingerprint density at radius 1 is 1.60 bits per heavy atom. The largest absolute Gasteiger partial charge is 1.00 e. The Kier molecular flexibility index (Phi) is 4.29. The number of pyridine rings is 1. The summed E-state index contributed by atoms with van der Waals surface area (Å²) in [6, 6.07) is 3.59. The molecule has 0 aliphatic heterocycles. The average Bonchev–Trinajstić information content (AvgIpc) is 1.88. The Hall–Kier alpha value is -0.360. The summed E-state index contributed by atoms with van der Waals surface area (Å²) >= 11 is 0. The van der Waals surface area contributed by atoms with Crippen LogP contribution in [0, 0.1) is 0 Å². The highest BCUT2D eigenvalue weighted by atomic mass is 127. The van der Waals surface area contributed by atoms with Crippen LogP contribution in [0.5, 0.6) is 0 Å². The molecule has 0 aliphatic rings. The summed E-state index contributed by atoms with van der Waals surface area (Å²) in [5.41, 5.74) is 0.819. The minimum absolute atomic E-state index is 0. The zero-order valence-electron chi connectivity index (χ0n) is 5.37. The van der Waals surface area contributed by atoms with Crippen LogP contribution in [0.2, 0.25) is 0 Å². The summed E-state index contributed by atoms with van der Waals surface area (Å²) in [6.45, 7) is 0.0397.